The Bertz CT molecular complexity index is 1590. The van der Waals surface area contributed by atoms with Gasteiger partial charge in [-0.1, -0.05) is 46.9 Å². The lowest BCUT2D eigenvalue weighted by Gasteiger charge is -2.18. The number of nitrogens with zero attached hydrogens (tertiary/aromatic N) is 1. The van der Waals surface area contributed by atoms with Crippen LogP contribution in [0.1, 0.15) is 38.4 Å². The first kappa shape index (κ1) is 25.2. The largest absolute Gasteiger partial charge is 0.359 e. The molecule has 37 heavy (non-hydrogen) atoms. The van der Waals surface area contributed by atoms with Crippen LogP contribution in [0.15, 0.2) is 66.7 Å². The molecule has 2 heterocycles. The van der Waals surface area contributed by atoms with Gasteiger partial charge in [0, 0.05) is 33.2 Å². The number of amides is 2. The molecule has 0 atom stereocenters. The molecule has 1 aliphatic heterocycles. The minimum atomic E-state index is -0.291. The molecule has 3 aromatic carbocycles. The van der Waals surface area contributed by atoms with Gasteiger partial charge >= 0.3 is 0 Å². The molecular formula is C29H22Cl3N3O2. The smallest absolute Gasteiger partial charge is 0.259 e. The average molecular weight is 551 g/mol. The Morgan fingerprint density at radius 1 is 0.973 bits per heavy atom. The van der Waals surface area contributed by atoms with Crippen LogP contribution < -0.4 is 10.2 Å². The van der Waals surface area contributed by atoms with Crippen molar-refractivity contribution in [2.75, 3.05) is 10.2 Å². The minimum Gasteiger partial charge on any atom is -0.359 e. The molecule has 0 saturated carbocycles. The van der Waals surface area contributed by atoms with Crippen LogP contribution in [0.5, 0.6) is 0 Å². The lowest BCUT2D eigenvalue weighted by molar-refractivity contribution is -0.113. The van der Waals surface area contributed by atoms with E-state index in [0.29, 0.717) is 38.4 Å². The second-order valence-corrected chi connectivity index (χ2v) is 10.2. The van der Waals surface area contributed by atoms with Gasteiger partial charge in [-0.3, -0.25) is 9.59 Å². The zero-order chi connectivity index (χ0) is 26.3. The molecule has 1 aromatic heterocycles. The van der Waals surface area contributed by atoms with E-state index in [1.165, 1.54) is 0 Å². The van der Waals surface area contributed by atoms with Crippen molar-refractivity contribution in [2.45, 2.75) is 20.4 Å². The number of hydrogen-bond donors (Lipinski definition) is 2. The molecule has 8 heteroatoms. The fraction of sp³-hybridized carbons (Fsp3) is 0.103. The predicted octanol–water partition coefficient (Wildman–Crippen LogP) is 7.93. The molecule has 186 valence electrons. The number of hydrogen-bond acceptors (Lipinski definition) is 2. The van der Waals surface area contributed by atoms with Crippen molar-refractivity contribution in [1.29, 1.82) is 0 Å². The van der Waals surface area contributed by atoms with Gasteiger partial charge in [-0.25, -0.2) is 0 Å². The van der Waals surface area contributed by atoms with E-state index in [1.807, 2.05) is 44.2 Å². The molecule has 5 rings (SSSR count). The van der Waals surface area contributed by atoms with E-state index in [2.05, 4.69) is 10.3 Å². The summed E-state index contributed by atoms with van der Waals surface area (Å²) in [5.41, 5.74) is 6.75. The highest BCUT2D eigenvalue weighted by atomic mass is 35.5. The highest BCUT2D eigenvalue weighted by molar-refractivity contribution is 6.42. The first-order valence-corrected chi connectivity index (χ1v) is 12.7. The van der Waals surface area contributed by atoms with Crippen LogP contribution in [0, 0.1) is 13.8 Å². The number of carbonyl (C=O) groups excluding carboxylic acids is 2. The number of aryl methyl sites for hydroxylation is 2. The third-order valence-corrected chi connectivity index (χ3v) is 7.17. The van der Waals surface area contributed by atoms with E-state index in [1.54, 1.807) is 47.4 Å². The van der Waals surface area contributed by atoms with Crippen molar-refractivity contribution in [3.8, 4) is 0 Å². The quantitative estimate of drug-likeness (QED) is 0.248. The normalized spacial score (nSPS) is 13.8. The van der Waals surface area contributed by atoms with Crippen LogP contribution in [0.3, 0.4) is 0 Å². The van der Waals surface area contributed by atoms with Gasteiger partial charge in [0.05, 0.1) is 27.9 Å². The van der Waals surface area contributed by atoms with Gasteiger partial charge in [-0.15, -0.1) is 0 Å². The third kappa shape index (κ3) is 5.16. The lowest BCUT2D eigenvalue weighted by atomic mass is 10.0. The maximum atomic E-state index is 13.7. The van der Waals surface area contributed by atoms with Crippen molar-refractivity contribution in [1.82, 2.24) is 4.98 Å². The Labute approximate surface area is 229 Å². The summed E-state index contributed by atoms with van der Waals surface area (Å²) in [6.07, 6.45) is 1.86. The molecule has 0 aliphatic carbocycles. The van der Waals surface area contributed by atoms with Gasteiger partial charge in [0.15, 0.2) is 0 Å². The average Bonchev–Trinajstić information content (AvgIpc) is 3.31. The van der Waals surface area contributed by atoms with Gasteiger partial charge in [0.25, 0.3) is 11.8 Å². The van der Waals surface area contributed by atoms with Gasteiger partial charge in [-0.2, -0.15) is 0 Å². The molecule has 0 bridgehead atoms. The maximum Gasteiger partial charge on any atom is 0.259 e. The van der Waals surface area contributed by atoms with Gasteiger partial charge < -0.3 is 15.2 Å². The molecule has 0 saturated heterocycles. The van der Waals surface area contributed by atoms with Crippen LogP contribution >= 0.6 is 34.8 Å². The number of aromatic nitrogens is 1. The number of carbonyl (C=O) groups is 2. The van der Waals surface area contributed by atoms with Crippen LogP contribution in [0.2, 0.25) is 15.1 Å². The Hall–Kier alpha value is -3.51. The number of rotatable bonds is 5. The van der Waals surface area contributed by atoms with E-state index in [4.69, 9.17) is 34.8 Å². The number of fused-ring (bicyclic) bond motifs is 1. The minimum absolute atomic E-state index is 0.147. The van der Waals surface area contributed by atoms with Gasteiger partial charge in [0.1, 0.15) is 0 Å². The summed E-state index contributed by atoms with van der Waals surface area (Å²) in [6, 6.07) is 19.5. The van der Waals surface area contributed by atoms with Crippen LogP contribution in [0.4, 0.5) is 11.4 Å². The fourth-order valence-corrected chi connectivity index (χ4v) is 4.94. The summed E-state index contributed by atoms with van der Waals surface area (Å²) in [7, 11) is 0. The highest BCUT2D eigenvalue weighted by Gasteiger charge is 2.33. The Morgan fingerprint density at radius 3 is 2.49 bits per heavy atom. The van der Waals surface area contributed by atoms with Crippen molar-refractivity contribution in [3.63, 3.8) is 0 Å². The summed E-state index contributed by atoms with van der Waals surface area (Å²) in [5, 5.41) is 4.28. The Morgan fingerprint density at radius 2 is 1.78 bits per heavy atom. The van der Waals surface area contributed by atoms with Crippen molar-refractivity contribution >= 4 is 69.6 Å². The van der Waals surface area contributed by atoms with Crippen LogP contribution in [0.25, 0.3) is 11.6 Å². The molecule has 0 unspecified atom stereocenters. The lowest BCUT2D eigenvalue weighted by Crippen LogP contribution is -2.25. The molecule has 0 spiro atoms. The number of aromatic amines is 1. The molecular weight excluding hydrogens is 529 g/mol. The van der Waals surface area contributed by atoms with Crippen LogP contribution in [-0.2, 0) is 11.3 Å². The Balaban J connectivity index is 1.54. The molecule has 2 amide bonds. The zero-order valence-electron chi connectivity index (χ0n) is 20.0. The zero-order valence-corrected chi connectivity index (χ0v) is 22.3. The van der Waals surface area contributed by atoms with E-state index < -0.39 is 0 Å². The molecule has 4 aromatic rings. The number of halogens is 3. The van der Waals surface area contributed by atoms with E-state index in [-0.39, 0.29) is 11.8 Å². The van der Waals surface area contributed by atoms with Crippen LogP contribution in [-0.4, -0.2) is 16.8 Å². The summed E-state index contributed by atoms with van der Waals surface area (Å²) in [6.45, 7) is 4.28. The monoisotopic (exact) mass is 549 g/mol. The Kier molecular flexibility index (Phi) is 6.86. The van der Waals surface area contributed by atoms with Crippen molar-refractivity contribution < 1.29 is 9.59 Å². The maximum absolute atomic E-state index is 13.7. The van der Waals surface area contributed by atoms with Crippen molar-refractivity contribution in [3.05, 3.63) is 115 Å². The first-order valence-electron chi connectivity index (χ1n) is 11.5. The summed E-state index contributed by atoms with van der Waals surface area (Å²) in [5.74, 6) is -0.438. The van der Waals surface area contributed by atoms with E-state index in [9.17, 15) is 9.59 Å². The number of anilines is 2. The number of H-pyrrole nitrogens is 1. The topological polar surface area (TPSA) is 65.2 Å². The van der Waals surface area contributed by atoms with Gasteiger partial charge in [-0.05, 0) is 85.6 Å². The second kappa shape index (κ2) is 10.1. The molecule has 0 radical (unpaired) electrons. The molecule has 0 fully saturated rings. The predicted molar refractivity (Wildman–Crippen MR) is 152 cm³/mol. The SMILES string of the molecule is Cc1cc(C)c(/C=C2\C(=O)N(Cc3ccc(Cl)c(Cl)c3)c3ccc(NC(=O)c4cccc(Cl)c4)cc32)[nH]1. The molecule has 1 aliphatic rings. The molecule has 2 N–H and O–H groups in total. The first-order chi connectivity index (χ1) is 17.7. The van der Waals surface area contributed by atoms with Crippen molar-refractivity contribution in [2.24, 2.45) is 0 Å². The second-order valence-electron chi connectivity index (χ2n) is 8.94. The summed E-state index contributed by atoms with van der Waals surface area (Å²) in [4.78, 5) is 31.6. The number of nitrogens with one attached hydrogen (secondary N) is 2. The van der Waals surface area contributed by atoms with E-state index >= 15 is 0 Å². The standard InChI is InChI=1S/C29H22Cl3N3O2/c1-16-10-17(2)33-26(16)14-23-22-13-21(34-28(36)19-4-3-5-20(30)12-19)7-9-27(22)35(29(23)37)15-18-6-8-24(31)25(32)11-18/h3-14,33H,15H2,1-2H3,(H,34,36)/b23-14-. The summed E-state index contributed by atoms with van der Waals surface area (Å²) >= 11 is 18.4. The highest BCUT2D eigenvalue weighted by Crippen LogP contribution is 2.41. The summed E-state index contributed by atoms with van der Waals surface area (Å²) < 4.78 is 0. The van der Waals surface area contributed by atoms with Gasteiger partial charge in [0.2, 0.25) is 0 Å². The fourth-order valence-electron chi connectivity index (χ4n) is 4.43. The number of benzene rings is 3. The van der Waals surface area contributed by atoms with E-state index in [0.717, 1.165) is 33.8 Å². The third-order valence-electron chi connectivity index (χ3n) is 6.20. The molecule has 5 nitrogen and oxygen atoms in total.